The molecule has 0 radical (unpaired) electrons. The third-order valence-corrected chi connectivity index (χ3v) is 2.99. The van der Waals surface area contributed by atoms with E-state index in [0.29, 0.717) is 0 Å². The number of rotatable bonds is 6. The Morgan fingerprint density at radius 2 is 2.06 bits per heavy atom. The van der Waals surface area contributed by atoms with E-state index in [4.69, 9.17) is 6.42 Å². The maximum Gasteiger partial charge on any atom is 0.0346 e. The first-order chi connectivity index (χ1) is 8.92. The van der Waals surface area contributed by atoms with Crippen LogP contribution in [-0.4, -0.2) is 11.5 Å². The molecule has 0 aliphatic carbocycles. The molecule has 0 amide bonds. The molecule has 1 heterocycles. The molecule has 1 aromatic carbocycles. The minimum atomic E-state index is 0.865. The molecule has 1 aromatic heterocycles. The van der Waals surface area contributed by atoms with E-state index in [9.17, 15) is 0 Å². The molecule has 0 bridgehead atoms. The number of hydrogen-bond acceptors (Lipinski definition) is 2. The Morgan fingerprint density at radius 3 is 2.94 bits per heavy atom. The lowest BCUT2D eigenvalue weighted by Gasteiger charge is -2.07. The fourth-order valence-corrected chi connectivity index (χ4v) is 2.02. The Labute approximate surface area is 108 Å². The molecular weight excluding hydrogens is 220 g/mol. The molecule has 2 heteroatoms. The average molecular weight is 238 g/mol. The van der Waals surface area contributed by atoms with Gasteiger partial charge in [-0.1, -0.05) is 24.3 Å². The van der Waals surface area contributed by atoms with Crippen LogP contribution in [0, 0.1) is 12.3 Å². The van der Waals surface area contributed by atoms with Gasteiger partial charge in [0, 0.05) is 30.7 Å². The lowest BCUT2D eigenvalue weighted by molar-refractivity contribution is 0.630. The van der Waals surface area contributed by atoms with Gasteiger partial charge in [-0.05, 0) is 30.3 Å². The van der Waals surface area contributed by atoms with Crippen molar-refractivity contribution in [3.8, 4) is 12.3 Å². The van der Waals surface area contributed by atoms with Gasteiger partial charge in [-0.15, -0.1) is 12.3 Å². The summed E-state index contributed by atoms with van der Waals surface area (Å²) in [6, 6.07) is 8.35. The molecule has 2 aromatic rings. The van der Waals surface area contributed by atoms with Crippen LogP contribution in [0.1, 0.15) is 24.8 Å². The van der Waals surface area contributed by atoms with E-state index >= 15 is 0 Å². The van der Waals surface area contributed by atoms with E-state index in [-0.39, 0.29) is 0 Å². The minimum Gasteiger partial charge on any atom is -0.313 e. The van der Waals surface area contributed by atoms with E-state index in [2.05, 4.69) is 34.4 Å². The van der Waals surface area contributed by atoms with Crippen LogP contribution in [0.25, 0.3) is 10.8 Å². The number of fused-ring (bicyclic) bond motifs is 1. The minimum absolute atomic E-state index is 0.865. The number of benzene rings is 1. The summed E-state index contributed by atoms with van der Waals surface area (Å²) >= 11 is 0. The number of pyridine rings is 1. The number of aromatic nitrogens is 1. The van der Waals surface area contributed by atoms with Crippen molar-refractivity contribution in [3.63, 3.8) is 0 Å². The van der Waals surface area contributed by atoms with Crippen LogP contribution >= 0.6 is 0 Å². The topological polar surface area (TPSA) is 24.9 Å². The van der Waals surface area contributed by atoms with Crippen molar-refractivity contribution in [2.45, 2.75) is 25.8 Å². The summed E-state index contributed by atoms with van der Waals surface area (Å²) in [5.74, 6) is 2.66. The largest absolute Gasteiger partial charge is 0.313 e. The zero-order valence-corrected chi connectivity index (χ0v) is 10.5. The van der Waals surface area contributed by atoms with Gasteiger partial charge in [0.15, 0.2) is 0 Å². The Morgan fingerprint density at radius 1 is 1.17 bits per heavy atom. The van der Waals surface area contributed by atoms with Gasteiger partial charge in [0.2, 0.25) is 0 Å². The molecule has 2 nitrogen and oxygen atoms in total. The summed E-state index contributed by atoms with van der Waals surface area (Å²) in [7, 11) is 0. The lowest BCUT2D eigenvalue weighted by atomic mass is 10.1. The van der Waals surface area contributed by atoms with E-state index in [0.717, 1.165) is 32.4 Å². The third-order valence-electron chi connectivity index (χ3n) is 2.99. The van der Waals surface area contributed by atoms with Crippen LogP contribution in [0.2, 0.25) is 0 Å². The number of unbranched alkanes of at least 4 members (excludes halogenated alkanes) is 2. The molecule has 0 unspecified atom stereocenters. The zero-order valence-electron chi connectivity index (χ0n) is 10.5. The molecule has 92 valence electrons. The summed E-state index contributed by atoms with van der Waals surface area (Å²) in [6.45, 7) is 1.87. The van der Waals surface area contributed by atoms with Gasteiger partial charge in [0.25, 0.3) is 0 Å². The second-order valence-electron chi connectivity index (χ2n) is 4.36. The summed E-state index contributed by atoms with van der Waals surface area (Å²) in [5.41, 5.74) is 1.25. The van der Waals surface area contributed by atoms with Crippen molar-refractivity contribution in [1.82, 2.24) is 10.3 Å². The molecule has 1 N–H and O–H groups in total. The maximum absolute atomic E-state index is 5.22. The normalized spacial score (nSPS) is 10.4. The zero-order chi connectivity index (χ0) is 12.6. The van der Waals surface area contributed by atoms with Crippen LogP contribution < -0.4 is 5.32 Å². The van der Waals surface area contributed by atoms with Crippen LogP contribution in [0.15, 0.2) is 36.7 Å². The molecular formula is C16H18N2. The molecule has 0 saturated carbocycles. The van der Waals surface area contributed by atoms with Gasteiger partial charge in [-0.25, -0.2) is 0 Å². The Kier molecular flexibility index (Phi) is 4.75. The van der Waals surface area contributed by atoms with Gasteiger partial charge in [-0.3, -0.25) is 4.98 Å². The van der Waals surface area contributed by atoms with Crippen molar-refractivity contribution >= 4 is 10.8 Å². The first-order valence-corrected chi connectivity index (χ1v) is 6.37. The summed E-state index contributed by atoms with van der Waals surface area (Å²) in [6.07, 6.45) is 12.2. The van der Waals surface area contributed by atoms with E-state index in [1.165, 1.54) is 16.3 Å². The number of nitrogens with one attached hydrogen (secondary N) is 1. The highest BCUT2D eigenvalue weighted by molar-refractivity contribution is 5.84. The Bertz CT molecular complexity index is 535. The van der Waals surface area contributed by atoms with Crippen molar-refractivity contribution < 1.29 is 0 Å². The monoisotopic (exact) mass is 238 g/mol. The van der Waals surface area contributed by atoms with Crippen molar-refractivity contribution in [1.29, 1.82) is 0 Å². The molecule has 0 aliphatic heterocycles. The third kappa shape index (κ3) is 3.32. The van der Waals surface area contributed by atoms with Crippen LogP contribution in [0.3, 0.4) is 0 Å². The predicted molar refractivity (Wildman–Crippen MR) is 76.1 cm³/mol. The molecule has 0 atom stereocenters. The van der Waals surface area contributed by atoms with Crippen LogP contribution in [0.5, 0.6) is 0 Å². The van der Waals surface area contributed by atoms with Gasteiger partial charge < -0.3 is 5.32 Å². The Hall–Kier alpha value is -1.85. The van der Waals surface area contributed by atoms with E-state index in [1.54, 1.807) is 0 Å². The molecule has 0 spiro atoms. The lowest BCUT2D eigenvalue weighted by Crippen LogP contribution is -2.15. The molecule has 18 heavy (non-hydrogen) atoms. The molecule has 0 saturated heterocycles. The van der Waals surface area contributed by atoms with Gasteiger partial charge in [-0.2, -0.15) is 0 Å². The quantitative estimate of drug-likeness (QED) is 0.618. The van der Waals surface area contributed by atoms with Crippen LogP contribution in [0.4, 0.5) is 0 Å². The summed E-state index contributed by atoms with van der Waals surface area (Å²) in [5, 5.41) is 5.92. The van der Waals surface area contributed by atoms with Crippen molar-refractivity contribution in [2.75, 3.05) is 6.54 Å². The van der Waals surface area contributed by atoms with Gasteiger partial charge >= 0.3 is 0 Å². The standard InChI is InChI=1S/C16H18N2/c1-2-3-4-7-10-17-12-15-13-18-11-14-8-5-6-9-16(14)15/h1,5-6,8-9,11,13,17H,3-4,7,10,12H2. The summed E-state index contributed by atoms with van der Waals surface area (Å²) in [4.78, 5) is 4.27. The smallest absolute Gasteiger partial charge is 0.0346 e. The van der Waals surface area contributed by atoms with Crippen LogP contribution in [-0.2, 0) is 6.54 Å². The second-order valence-corrected chi connectivity index (χ2v) is 4.36. The predicted octanol–water partition coefficient (Wildman–Crippen LogP) is 3.13. The summed E-state index contributed by atoms with van der Waals surface area (Å²) < 4.78 is 0. The number of hydrogen-bond donors (Lipinski definition) is 1. The van der Waals surface area contributed by atoms with E-state index < -0.39 is 0 Å². The first kappa shape index (κ1) is 12.6. The number of nitrogens with zero attached hydrogens (tertiary/aromatic N) is 1. The van der Waals surface area contributed by atoms with Gasteiger partial charge in [0.05, 0.1) is 0 Å². The fraction of sp³-hybridized carbons (Fsp3) is 0.312. The van der Waals surface area contributed by atoms with Crippen molar-refractivity contribution in [3.05, 3.63) is 42.2 Å². The molecule has 0 fully saturated rings. The maximum atomic E-state index is 5.22. The van der Waals surface area contributed by atoms with E-state index in [1.807, 2.05) is 18.5 Å². The first-order valence-electron chi connectivity index (χ1n) is 6.37. The average Bonchev–Trinajstić information content (AvgIpc) is 2.43. The molecule has 0 aliphatic rings. The highest BCUT2D eigenvalue weighted by Crippen LogP contribution is 2.16. The highest BCUT2D eigenvalue weighted by Gasteiger charge is 2.00. The SMILES string of the molecule is C#CCCCCNCc1cncc2ccccc12. The number of terminal acetylenes is 1. The fourth-order valence-electron chi connectivity index (χ4n) is 2.02. The molecule has 2 rings (SSSR count). The highest BCUT2D eigenvalue weighted by atomic mass is 14.8. The second kappa shape index (κ2) is 6.78. The van der Waals surface area contributed by atoms with Crippen molar-refractivity contribution in [2.24, 2.45) is 0 Å². The Balaban J connectivity index is 1.90. The van der Waals surface area contributed by atoms with Gasteiger partial charge in [0.1, 0.15) is 0 Å².